The van der Waals surface area contributed by atoms with Crippen molar-refractivity contribution in [2.24, 2.45) is 7.05 Å². The van der Waals surface area contributed by atoms with E-state index in [1.807, 2.05) is 54.3 Å². The molecule has 0 unspecified atom stereocenters. The summed E-state index contributed by atoms with van der Waals surface area (Å²) in [5, 5.41) is 7.50. The highest BCUT2D eigenvalue weighted by Gasteiger charge is 2.17. The van der Waals surface area contributed by atoms with Crippen LogP contribution in [0.2, 0.25) is 0 Å². The lowest BCUT2D eigenvalue weighted by Gasteiger charge is -2.28. The second-order valence-electron chi connectivity index (χ2n) is 7.88. The fourth-order valence-electron chi connectivity index (χ4n) is 3.74. The van der Waals surface area contributed by atoms with E-state index in [1.165, 1.54) is 11.1 Å². The van der Waals surface area contributed by atoms with Crippen molar-refractivity contribution >= 4 is 5.82 Å². The Morgan fingerprint density at radius 1 is 1.06 bits per heavy atom. The lowest BCUT2D eigenvalue weighted by Crippen LogP contribution is -2.43. The molecule has 5 rings (SSSR count). The number of nitrogens with zero attached hydrogens (tertiary/aromatic N) is 6. The molecule has 8 heteroatoms. The number of imidazole rings is 1. The Labute approximate surface area is 181 Å². The Balaban J connectivity index is 1.35. The SMILES string of the molecule is Cc1ccc(-c2noc(-c3cn(C)c(Cc4ccnc(N5CCNCC5)c4)n3)n2)cc1. The maximum Gasteiger partial charge on any atom is 0.278 e. The number of pyridine rings is 1. The zero-order valence-corrected chi connectivity index (χ0v) is 17.7. The van der Waals surface area contributed by atoms with Gasteiger partial charge in [-0.15, -0.1) is 0 Å². The molecule has 1 aliphatic heterocycles. The van der Waals surface area contributed by atoms with E-state index in [4.69, 9.17) is 9.51 Å². The van der Waals surface area contributed by atoms with Crippen molar-refractivity contribution in [3.05, 3.63) is 65.7 Å². The van der Waals surface area contributed by atoms with Crippen molar-refractivity contribution < 1.29 is 4.52 Å². The first kappa shape index (κ1) is 19.4. The number of aryl methyl sites for hydroxylation is 2. The summed E-state index contributed by atoms with van der Waals surface area (Å²) in [6.07, 6.45) is 4.51. The molecule has 4 aromatic rings. The molecule has 8 nitrogen and oxygen atoms in total. The molecule has 1 aromatic carbocycles. The van der Waals surface area contributed by atoms with Crippen LogP contribution in [0.3, 0.4) is 0 Å². The van der Waals surface area contributed by atoms with Gasteiger partial charge in [0.05, 0.1) is 0 Å². The van der Waals surface area contributed by atoms with Gasteiger partial charge in [-0.25, -0.2) is 9.97 Å². The first-order valence-electron chi connectivity index (χ1n) is 10.5. The summed E-state index contributed by atoms with van der Waals surface area (Å²) in [6.45, 7) is 5.98. The van der Waals surface area contributed by atoms with Gasteiger partial charge >= 0.3 is 0 Å². The summed E-state index contributed by atoms with van der Waals surface area (Å²) in [6, 6.07) is 12.3. The van der Waals surface area contributed by atoms with Crippen molar-refractivity contribution in [1.82, 2.24) is 30.0 Å². The smallest absolute Gasteiger partial charge is 0.278 e. The molecule has 1 N–H and O–H groups in total. The highest BCUT2D eigenvalue weighted by Crippen LogP contribution is 2.23. The van der Waals surface area contributed by atoms with Gasteiger partial charge in [-0.2, -0.15) is 4.98 Å². The standard InChI is InChI=1S/C23H25N7O/c1-16-3-5-18(6-4-16)22-27-23(31-28-22)19-15-29(2)21(26-19)14-17-7-8-25-20(13-17)30-11-9-24-10-12-30/h3-8,13,15,24H,9-12,14H2,1-2H3. The van der Waals surface area contributed by atoms with Crippen LogP contribution in [0.1, 0.15) is 17.0 Å². The third-order valence-electron chi connectivity index (χ3n) is 5.54. The summed E-state index contributed by atoms with van der Waals surface area (Å²) < 4.78 is 7.50. The zero-order valence-electron chi connectivity index (χ0n) is 17.7. The fraction of sp³-hybridized carbons (Fsp3) is 0.304. The van der Waals surface area contributed by atoms with Crippen LogP contribution in [-0.4, -0.2) is 50.9 Å². The zero-order chi connectivity index (χ0) is 21.2. The number of piperazine rings is 1. The normalized spacial score (nSPS) is 14.2. The summed E-state index contributed by atoms with van der Waals surface area (Å²) >= 11 is 0. The molecule has 0 saturated carbocycles. The van der Waals surface area contributed by atoms with Crippen LogP contribution in [0.4, 0.5) is 5.82 Å². The van der Waals surface area contributed by atoms with Crippen LogP contribution in [0.5, 0.6) is 0 Å². The minimum Gasteiger partial charge on any atom is -0.354 e. The number of hydrogen-bond donors (Lipinski definition) is 1. The van der Waals surface area contributed by atoms with E-state index in [0.717, 1.165) is 43.4 Å². The van der Waals surface area contributed by atoms with Crippen molar-refractivity contribution in [2.75, 3.05) is 31.1 Å². The van der Waals surface area contributed by atoms with Crippen LogP contribution in [0.25, 0.3) is 23.0 Å². The molecular formula is C23H25N7O. The van der Waals surface area contributed by atoms with Gasteiger partial charge < -0.3 is 19.3 Å². The first-order valence-corrected chi connectivity index (χ1v) is 10.5. The highest BCUT2D eigenvalue weighted by molar-refractivity contribution is 5.58. The molecule has 0 spiro atoms. The van der Waals surface area contributed by atoms with E-state index in [0.29, 0.717) is 23.8 Å². The monoisotopic (exact) mass is 415 g/mol. The van der Waals surface area contributed by atoms with Gasteiger partial charge in [-0.1, -0.05) is 35.0 Å². The summed E-state index contributed by atoms with van der Waals surface area (Å²) in [4.78, 5) is 16.2. The van der Waals surface area contributed by atoms with E-state index in [-0.39, 0.29) is 0 Å². The Hall–Kier alpha value is -3.52. The number of anilines is 1. The first-order chi connectivity index (χ1) is 15.2. The minimum atomic E-state index is 0.425. The molecule has 1 aliphatic rings. The van der Waals surface area contributed by atoms with E-state index in [2.05, 4.69) is 38.3 Å². The van der Waals surface area contributed by atoms with Crippen molar-refractivity contribution in [2.45, 2.75) is 13.3 Å². The van der Waals surface area contributed by atoms with Gasteiger partial charge in [0.2, 0.25) is 5.82 Å². The summed E-state index contributed by atoms with van der Waals surface area (Å²) in [5.74, 6) is 2.95. The van der Waals surface area contributed by atoms with E-state index in [1.54, 1.807) is 0 Å². The molecule has 0 radical (unpaired) electrons. The molecule has 31 heavy (non-hydrogen) atoms. The van der Waals surface area contributed by atoms with Gasteiger partial charge in [0.15, 0.2) is 0 Å². The molecule has 4 heterocycles. The lowest BCUT2D eigenvalue weighted by molar-refractivity contribution is 0.431. The van der Waals surface area contributed by atoms with Crippen molar-refractivity contribution in [3.8, 4) is 23.0 Å². The van der Waals surface area contributed by atoms with Crippen LogP contribution < -0.4 is 10.2 Å². The molecule has 1 fully saturated rings. The molecule has 3 aromatic heterocycles. The second kappa shape index (κ2) is 8.31. The molecule has 0 bridgehead atoms. The Bertz CT molecular complexity index is 1170. The number of hydrogen-bond acceptors (Lipinski definition) is 7. The largest absolute Gasteiger partial charge is 0.354 e. The Kier molecular flexibility index (Phi) is 5.21. The molecule has 1 saturated heterocycles. The molecule has 0 amide bonds. The quantitative estimate of drug-likeness (QED) is 0.536. The third-order valence-corrected chi connectivity index (χ3v) is 5.54. The molecule has 0 atom stereocenters. The predicted molar refractivity (Wildman–Crippen MR) is 119 cm³/mol. The molecule has 158 valence electrons. The van der Waals surface area contributed by atoms with Gasteiger partial charge in [0.25, 0.3) is 5.89 Å². The summed E-state index contributed by atoms with van der Waals surface area (Å²) in [5.41, 5.74) is 3.97. The number of rotatable bonds is 5. The van der Waals surface area contributed by atoms with Gasteiger partial charge in [0.1, 0.15) is 17.3 Å². The fourth-order valence-corrected chi connectivity index (χ4v) is 3.74. The highest BCUT2D eigenvalue weighted by atomic mass is 16.5. The molecular weight excluding hydrogens is 390 g/mol. The van der Waals surface area contributed by atoms with Crippen LogP contribution in [0.15, 0.2) is 53.3 Å². The number of benzene rings is 1. The Morgan fingerprint density at radius 3 is 2.68 bits per heavy atom. The van der Waals surface area contributed by atoms with Crippen LogP contribution >= 0.6 is 0 Å². The van der Waals surface area contributed by atoms with E-state index in [9.17, 15) is 0 Å². The maximum absolute atomic E-state index is 5.49. The Morgan fingerprint density at radius 2 is 1.87 bits per heavy atom. The molecule has 0 aliphatic carbocycles. The van der Waals surface area contributed by atoms with Crippen molar-refractivity contribution in [3.63, 3.8) is 0 Å². The summed E-state index contributed by atoms with van der Waals surface area (Å²) in [7, 11) is 1.99. The average molecular weight is 416 g/mol. The van der Waals surface area contributed by atoms with E-state index >= 15 is 0 Å². The van der Waals surface area contributed by atoms with Gasteiger partial charge in [0, 0.05) is 57.6 Å². The average Bonchev–Trinajstić information content (AvgIpc) is 3.43. The van der Waals surface area contributed by atoms with E-state index < -0.39 is 0 Å². The predicted octanol–water partition coefficient (Wildman–Crippen LogP) is 2.84. The van der Waals surface area contributed by atoms with Gasteiger partial charge in [-0.3, -0.25) is 0 Å². The van der Waals surface area contributed by atoms with Gasteiger partial charge in [-0.05, 0) is 24.6 Å². The second-order valence-corrected chi connectivity index (χ2v) is 7.88. The van der Waals surface area contributed by atoms with Crippen LogP contribution in [-0.2, 0) is 13.5 Å². The third kappa shape index (κ3) is 4.20. The van der Waals surface area contributed by atoms with Crippen LogP contribution in [0, 0.1) is 6.92 Å². The number of nitrogens with one attached hydrogen (secondary N) is 1. The number of aromatic nitrogens is 5. The topological polar surface area (TPSA) is 84.9 Å². The van der Waals surface area contributed by atoms with Crippen molar-refractivity contribution in [1.29, 1.82) is 0 Å². The lowest BCUT2D eigenvalue weighted by atomic mass is 10.1. The maximum atomic E-state index is 5.49. The minimum absolute atomic E-state index is 0.425.